The van der Waals surface area contributed by atoms with Crippen LogP contribution in [0.15, 0.2) is 18.2 Å². The zero-order valence-corrected chi connectivity index (χ0v) is 9.76. The Morgan fingerprint density at radius 3 is 2.54 bits per heavy atom. The highest BCUT2D eigenvalue weighted by Gasteiger charge is 2.03. The summed E-state index contributed by atoms with van der Waals surface area (Å²) in [7, 11) is -3.24. The summed E-state index contributed by atoms with van der Waals surface area (Å²) in [5.74, 6) is 0.139. The second-order valence-corrected chi connectivity index (χ2v) is 5.45. The van der Waals surface area contributed by atoms with Crippen molar-refractivity contribution in [2.45, 2.75) is 0 Å². The summed E-state index contributed by atoms with van der Waals surface area (Å²) in [5.41, 5.74) is 0.449. The van der Waals surface area contributed by atoms with E-state index in [0.717, 1.165) is 6.26 Å². The lowest BCUT2D eigenvalue weighted by Crippen LogP contribution is -2.09. The fraction of sp³-hybridized carbons (Fsp3) is 0.143. The summed E-state index contributed by atoms with van der Waals surface area (Å²) in [6.07, 6.45) is 1.08. The van der Waals surface area contributed by atoms with Gasteiger partial charge >= 0.3 is 0 Å². The molecule has 0 bridgehead atoms. The predicted molar refractivity (Wildman–Crippen MR) is 59.3 cm³/mol. The Labute approximate surface area is 90.2 Å². The fourth-order valence-corrected chi connectivity index (χ4v) is 1.85. The largest absolute Gasteiger partial charge is 0.507 e. The third-order valence-electron chi connectivity index (χ3n) is 1.25. The van der Waals surface area contributed by atoms with Gasteiger partial charge in [0, 0.05) is 5.69 Å². The first-order chi connectivity index (χ1) is 5.88. The molecule has 0 unspecified atom stereocenters. The highest BCUT2D eigenvalue weighted by atomic mass is 127. The molecule has 72 valence electrons. The molecule has 2 N–H and O–H groups in total. The maximum atomic E-state index is 10.8. The van der Waals surface area contributed by atoms with Gasteiger partial charge in [-0.2, -0.15) is 0 Å². The Hall–Kier alpha value is -0.500. The summed E-state index contributed by atoms with van der Waals surface area (Å²) in [5, 5.41) is 9.16. The van der Waals surface area contributed by atoms with Crippen LogP contribution in [0.1, 0.15) is 0 Å². The topological polar surface area (TPSA) is 66.4 Å². The molecule has 0 atom stereocenters. The van der Waals surface area contributed by atoms with Crippen molar-refractivity contribution in [2.24, 2.45) is 0 Å². The molecule has 6 heteroatoms. The van der Waals surface area contributed by atoms with Gasteiger partial charge in [0.05, 0.1) is 9.83 Å². The first-order valence-electron chi connectivity index (χ1n) is 3.35. The van der Waals surface area contributed by atoms with Gasteiger partial charge < -0.3 is 5.11 Å². The van der Waals surface area contributed by atoms with Crippen molar-refractivity contribution in [3.63, 3.8) is 0 Å². The lowest BCUT2D eigenvalue weighted by atomic mass is 10.3. The number of benzene rings is 1. The fourth-order valence-electron chi connectivity index (χ4n) is 0.784. The number of phenolic OH excluding ortho intramolecular Hbond substituents is 1. The molecule has 0 aliphatic rings. The molecule has 0 aromatic heterocycles. The van der Waals surface area contributed by atoms with Crippen LogP contribution in [-0.4, -0.2) is 19.8 Å². The van der Waals surface area contributed by atoms with Gasteiger partial charge in [0.2, 0.25) is 10.0 Å². The normalized spacial score (nSPS) is 11.2. The van der Waals surface area contributed by atoms with Crippen molar-refractivity contribution < 1.29 is 13.5 Å². The zero-order valence-electron chi connectivity index (χ0n) is 6.78. The van der Waals surface area contributed by atoms with E-state index in [2.05, 4.69) is 4.72 Å². The number of phenols is 1. The van der Waals surface area contributed by atoms with Crippen LogP contribution in [0.2, 0.25) is 0 Å². The molecule has 13 heavy (non-hydrogen) atoms. The molecule has 4 nitrogen and oxygen atoms in total. The summed E-state index contributed by atoms with van der Waals surface area (Å²) in [6.45, 7) is 0. The molecule has 0 fully saturated rings. The molecule has 0 radical (unpaired) electrons. The molecule has 0 saturated heterocycles. The van der Waals surface area contributed by atoms with Crippen LogP contribution < -0.4 is 4.72 Å². The highest BCUT2D eigenvalue weighted by molar-refractivity contribution is 14.1. The standard InChI is InChI=1S/C7H8INO3S/c1-13(11,12)9-5-2-3-7(10)6(8)4-5/h2-4,9-10H,1H3. The summed E-state index contributed by atoms with van der Waals surface area (Å²) >= 11 is 1.92. The molecule has 0 amide bonds. The Morgan fingerprint density at radius 2 is 2.08 bits per heavy atom. The van der Waals surface area contributed by atoms with Crippen molar-refractivity contribution in [1.82, 2.24) is 0 Å². The van der Waals surface area contributed by atoms with Crippen LogP contribution in [0, 0.1) is 3.57 Å². The van der Waals surface area contributed by atoms with Crippen LogP contribution in [0.3, 0.4) is 0 Å². The first-order valence-corrected chi connectivity index (χ1v) is 6.32. The third-order valence-corrected chi connectivity index (χ3v) is 2.72. The number of halogens is 1. The number of nitrogens with one attached hydrogen (secondary N) is 1. The maximum absolute atomic E-state index is 10.8. The van der Waals surface area contributed by atoms with Gasteiger partial charge in [-0.15, -0.1) is 0 Å². The van der Waals surface area contributed by atoms with Crippen LogP contribution in [0.4, 0.5) is 5.69 Å². The van der Waals surface area contributed by atoms with E-state index in [1.54, 1.807) is 6.07 Å². The number of hydrogen-bond donors (Lipinski definition) is 2. The molecule has 0 saturated carbocycles. The average molecular weight is 313 g/mol. The van der Waals surface area contributed by atoms with Crippen molar-refractivity contribution in [3.05, 3.63) is 21.8 Å². The second kappa shape index (κ2) is 3.70. The number of aromatic hydroxyl groups is 1. The molecule has 0 aliphatic carbocycles. The van der Waals surface area contributed by atoms with E-state index in [1.165, 1.54) is 12.1 Å². The van der Waals surface area contributed by atoms with Gasteiger partial charge in [-0.05, 0) is 40.8 Å². The Balaban J connectivity index is 2.99. The molecule has 0 spiro atoms. The minimum atomic E-state index is -3.24. The summed E-state index contributed by atoms with van der Waals surface area (Å²) in [4.78, 5) is 0. The van der Waals surface area contributed by atoms with Gasteiger partial charge in [0.15, 0.2) is 0 Å². The van der Waals surface area contributed by atoms with Crippen LogP contribution in [0.5, 0.6) is 5.75 Å². The molecule has 1 aromatic rings. The van der Waals surface area contributed by atoms with E-state index in [9.17, 15) is 8.42 Å². The Bertz CT molecular complexity index is 416. The number of anilines is 1. The van der Waals surface area contributed by atoms with E-state index in [4.69, 9.17) is 5.11 Å². The quantitative estimate of drug-likeness (QED) is 0.640. The van der Waals surface area contributed by atoms with Gasteiger partial charge in [0.25, 0.3) is 0 Å². The molecular formula is C7H8INO3S. The number of sulfonamides is 1. The third kappa shape index (κ3) is 3.39. The van der Waals surface area contributed by atoms with E-state index < -0.39 is 10.0 Å². The smallest absolute Gasteiger partial charge is 0.229 e. The maximum Gasteiger partial charge on any atom is 0.229 e. The van der Waals surface area contributed by atoms with Gasteiger partial charge in [0.1, 0.15) is 5.75 Å². The Morgan fingerprint density at radius 1 is 1.46 bits per heavy atom. The minimum absolute atomic E-state index is 0.139. The highest BCUT2D eigenvalue weighted by Crippen LogP contribution is 2.23. The van der Waals surface area contributed by atoms with E-state index in [1.807, 2.05) is 22.6 Å². The molecule has 0 aliphatic heterocycles. The van der Waals surface area contributed by atoms with Crippen molar-refractivity contribution >= 4 is 38.3 Å². The van der Waals surface area contributed by atoms with E-state index in [0.29, 0.717) is 9.26 Å². The Kier molecular flexibility index (Phi) is 3.01. The van der Waals surface area contributed by atoms with Crippen molar-refractivity contribution in [1.29, 1.82) is 0 Å². The van der Waals surface area contributed by atoms with Gasteiger partial charge in [-0.25, -0.2) is 8.42 Å². The lowest BCUT2D eigenvalue weighted by Gasteiger charge is -2.04. The number of rotatable bonds is 2. The molecule has 1 aromatic carbocycles. The van der Waals surface area contributed by atoms with Crippen LogP contribution in [-0.2, 0) is 10.0 Å². The van der Waals surface area contributed by atoms with Crippen molar-refractivity contribution in [3.8, 4) is 5.75 Å². The molecular weight excluding hydrogens is 305 g/mol. The predicted octanol–water partition coefficient (Wildman–Crippen LogP) is 1.37. The number of hydrogen-bond acceptors (Lipinski definition) is 3. The second-order valence-electron chi connectivity index (χ2n) is 2.54. The van der Waals surface area contributed by atoms with E-state index >= 15 is 0 Å². The zero-order chi connectivity index (χ0) is 10.1. The minimum Gasteiger partial charge on any atom is -0.507 e. The van der Waals surface area contributed by atoms with Gasteiger partial charge in [-0.1, -0.05) is 0 Å². The van der Waals surface area contributed by atoms with E-state index in [-0.39, 0.29) is 5.75 Å². The SMILES string of the molecule is CS(=O)(=O)Nc1ccc(O)c(I)c1. The molecule has 1 rings (SSSR count). The lowest BCUT2D eigenvalue weighted by molar-refractivity contribution is 0.471. The average Bonchev–Trinajstić information content (AvgIpc) is 1.94. The van der Waals surface area contributed by atoms with Crippen LogP contribution >= 0.6 is 22.6 Å². The summed E-state index contributed by atoms with van der Waals surface area (Å²) < 4.78 is 24.6. The van der Waals surface area contributed by atoms with Gasteiger partial charge in [-0.3, -0.25) is 4.72 Å². The summed E-state index contributed by atoms with van der Waals surface area (Å²) in [6, 6.07) is 4.49. The monoisotopic (exact) mass is 313 g/mol. The molecule has 0 heterocycles. The first kappa shape index (κ1) is 10.6. The van der Waals surface area contributed by atoms with Crippen molar-refractivity contribution in [2.75, 3.05) is 11.0 Å². The van der Waals surface area contributed by atoms with Crippen LogP contribution in [0.25, 0.3) is 0 Å².